The van der Waals surface area contributed by atoms with Gasteiger partial charge in [-0.2, -0.15) is 5.10 Å². The summed E-state index contributed by atoms with van der Waals surface area (Å²) in [5, 5.41) is 12.5. The molecule has 0 N–H and O–H groups in total. The number of hydrogen-bond acceptors (Lipinski definition) is 7. The number of aryl methyl sites for hydroxylation is 1. The maximum atomic E-state index is 12.4. The molecular formula is C18H20N8O2. The molecule has 0 aliphatic carbocycles. The summed E-state index contributed by atoms with van der Waals surface area (Å²) in [6, 6.07) is 6.78. The van der Waals surface area contributed by atoms with Gasteiger partial charge in [0.1, 0.15) is 12.4 Å². The topological polar surface area (TPSA) is 102 Å². The molecule has 1 amide bonds. The molecule has 10 heteroatoms. The van der Waals surface area contributed by atoms with Gasteiger partial charge in [-0.3, -0.25) is 14.2 Å². The fourth-order valence-corrected chi connectivity index (χ4v) is 3.15. The molecule has 0 atom stereocenters. The van der Waals surface area contributed by atoms with Gasteiger partial charge in [0.05, 0.1) is 0 Å². The number of carbonyl (C=O) groups is 1. The third kappa shape index (κ3) is 3.61. The summed E-state index contributed by atoms with van der Waals surface area (Å²) < 4.78 is 3.05. The largest absolute Gasteiger partial charge is 0.352 e. The SMILES string of the molecule is Cc1nccn1-c1ccc(N2CCN(C(=O)Cn3ncccc3=O)CC2)nn1. The van der Waals surface area contributed by atoms with E-state index in [9.17, 15) is 9.59 Å². The van der Waals surface area contributed by atoms with E-state index in [2.05, 4.69) is 25.2 Å². The third-order valence-electron chi connectivity index (χ3n) is 4.74. The monoisotopic (exact) mass is 380 g/mol. The lowest BCUT2D eigenvalue weighted by molar-refractivity contribution is -0.132. The van der Waals surface area contributed by atoms with Crippen molar-refractivity contribution in [2.75, 3.05) is 31.1 Å². The molecule has 0 spiro atoms. The molecular weight excluding hydrogens is 360 g/mol. The molecule has 0 saturated carbocycles. The maximum Gasteiger partial charge on any atom is 0.267 e. The van der Waals surface area contributed by atoms with Crippen molar-refractivity contribution >= 4 is 11.7 Å². The first-order chi connectivity index (χ1) is 13.6. The second-order valence-corrected chi connectivity index (χ2v) is 6.48. The van der Waals surface area contributed by atoms with Crippen LogP contribution in [0.25, 0.3) is 5.82 Å². The second-order valence-electron chi connectivity index (χ2n) is 6.48. The van der Waals surface area contributed by atoms with E-state index in [0.29, 0.717) is 32.0 Å². The molecule has 4 heterocycles. The van der Waals surface area contributed by atoms with Crippen molar-refractivity contribution in [3.63, 3.8) is 0 Å². The first-order valence-electron chi connectivity index (χ1n) is 9.01. The second kappa shape index (κ2) is 7.59. The van der Waals surface area contributed by atoms with Crippen LogP contribution in [0.2, 0.25) is 0 Å². The number of hydrogen-bond donors (Lipinski definition) is 0. The van der Waals surface area contributed by atoms with E-state index >= 15 is 0 Å². The van der Waals surface area contributed by atoms with E-state index in [4.69, 9.17) is 0 Å². The van der Waals surface area contributed by atoms with E-state index < -0.39 is 0 Å². The Hall–Kier alpha value is -3.56. The van der Waals surface area contributed by atoms with Crippen LogP contribution in [-0.2, 0) is 11.3 Å². The van der Waals surface area contributed by atoms with Crippen LogP contribution in [0.4, 0.5) is 5.82 Å². The van der Waals surface area contributed by atoms with Gasteiger partial charge in [0.25, 0.3) is 5.56 Å². The van der Waals surface area contributed by atoms with Crippen LogP contribution >= 0.6 is 0 Å². The van der Waals surface area contributed by atoms with E-state index in [-0.39, 0.29) is 18.0 Å². The quantitative estimate of drug-likeness (QED) is 0.622. The molecule has 3 aromatic rings. The van der Waals surface area contributed by atoms with E-state index in [1.165, 1.54) is 16.9 Å². The molecule has 1 saturated heterocycles. The van der Waals surface area contributed by atoms with Crippen LogP contribution in [0.1, 0.15) is 5.82 Å². The Kier molecular flexibility index (Phi) is 4.83. The molecule has 28 heavy (non-hydrogen) atoms. The fourth-order valence-electron chi connectivity index (χ4n) is 3.15. The number of aromatic nitrogens is 6. The van der Waals surface area contributed by atoms with Gasteiger partial charge in [0, 0.05) is 50.8 Å². The van der Waals surface area contributed by atoms with E-state index in [1.807, 2.05) is 29.8 Å². The summed E-state index contributed by atoms with van der Waals surface area (Å²) in [4.78, 5) is 32.2. The van der Waals surface area contributed by atoms with Gasteiger partial charge in [-0.15, -0.1) is 10.2 Å². The Balaban J connectivity index is 1.36. The van der Waals surface area contributed by atoms with Gasteiger partial charge in [-0.25, -0.2) is 9.67 Å². The predicted octanol–water partition coefficient (Wildman–Crippen LogP) is -0.124. The normalized spacial score (nSPS) is 14.3. The molecule has 10 nitrogen and oxygen atoms in total. The van der Waals surface area contributed by atoms with Gasteiger partial charge in [-0.1, -0.05) is 0 Å². The average molecular weight is 380 g/mol. The van der Waals surface area contributed by atoms with Crippen molar-refractivity contribution in [3.8, 4) is 5.82 Å². The highest BCUT2D eigenvalue weighted by Gasteiger charge is 2.22. The molecule has 1 aliphatic rings. The number of amides is 1. The van der Waals surface area contributed by atoms with Gasteiger partial charge in [0.2, 0.25) is 5.91 Å². The molecule has 144 valence electrons. The zero-order valence-electron chi connectivity index (χ0n) is 15.5. The van der Waals surface area contributed by atoms with Crippen LogP contribution in [0.15, 0.2) is 47.7 Å². The lowest BCUT2D eigenvalue weighted by Crippen LogP contribution is -2.50. The number of nitrogens with zero attached hydrogens (tertiary/aromatic N) is 8. The smallest absolute Gasteiger partial charge is 0.267 e. The highest BCUT2D eigenvalue weighted by atomic mass is 16.2. The van der Waals surface area contributed by atoms with Crippen molar-refractivity contribution in [1.82, 2.24) is 34.4 Å². The summed E-state index contributed by atoms with van der Waals surface area (Å²) in [6.07, 6.45) is 5.07. The molecule has 0 aromatic carbocycles. The van der Waals surface area contributed by atoms with Crippen LogP contribution in [0, 0.1) is 6.92 Å². The van der Waals surface area contributed by atoms with Crippen LogP contribution in [0.5, 0.6) is 0 Å². The first-order valence-corrected chi connectivity index (χ1v) is 9.01. The summed E-state index contributed by atoms with van der Waals surface area (Å²) in [5.41, 5.74) is -0.280. The van der Waals surface area contributed by atoms with E-state index in [1.54, 1.807) is 17.2 Å². The summed E-state index contributed by atoms with van der Waals surface area (Å²) in [5.74, 6) is 2.22. The van der Waals surface area contributed by atoms with Crippen molar-refractivity contribution in [2.45, 2.75) is 13.5 Å². The Morgan fingerprint density at radius 1 is 1.04 bits per heavy atom. The zero-order chi connectivity index (χ0) is 19.5. The number of rotatable bonds is 4. The minimum atomic E-state index is -0.280. The van der Waals surface area contributed by atoms with Gasteiger partial charge >= 0.3 is 0 Å². The third-order valence-corrected chi connectivity index (χ3v) is 4.74. The number of imidazole rings is 1. The predicted molar refractivity (Wildman–Crippen MR) is 101 cm³/mol. The Morgan fingerprint density at radius 2 is 1.79 bits per heavy atom. The minimum absolute atomic E-state index is 0.0432. The van der Waals surface area contributed by atoms with Crippen molar-refractivity contribution < 1.29 is 4.79 Å². The Bertz CT molecular complexity index is 1020. The average Bonchev–Trinajstić information content (AvgIpc) is 3.16. The first kappa shape index (κ1) is 17.8. The molecule has 0 bridgehead atoms. The summed E-state index contributed by atoms with van der Waals surface area (Å²) >= 11 is 0. The Morgan fingerprint density at radius 3 is 2.43 bits per heavy atom. The van der Waals surface area contributed by atoms with Crippen molar-refractivity contribution in [3.05, 3.63) is 59.0 Å². The van der Waals surface area contributed by atoms with Gasteiger partial charge in [-0.05, 0) is 25.1 Å². The molecule has 3 aromatic heterocycles. The molecule has 4 rings (SSSR count). The highest BCUT2D eigenvalue weighted by molar-refractivity contribution is 5.76. The van der Waals surface area contributed by atoms with Crippen LogP contribution in [0.3, 0.4) is 0 Å². The standard InChI is InChI=1S/C18H20N8O2/c1-14-19-7-8-25(14)16-5-4-15(21-22-16)23-9-11-24(12-10-23)18(28)13-26-17(27)3-2-6-20-26/h2-8H,9-13H2,1H3. The molecule has 0 radical (unpaired) electrons. The van der Waals surface area contributed by atoms with Crippen LogP contribution < -0.4 is 10.5 Å². The van der Waals surface area contributed by atoms with Gasteiger partial charge < -0.3 is 9.80 Å². The lowest BCUT2D eigenvalue weighted by atomic mass is 10.3. The van der Waals surface area contributed by atoms with Crippen molar-refractivity contribution in [1.29, 1.82) is 0 Å². The van der Waals surface area contributed by atoms with Gasteiger partial charge in [0.15, 0.2) is 11.6 Å². The lowest BCUT2D eigenvalue weighted by Gasteiger charge is -2.35. The fraction of sp³-hybridized carbons (Fsp3) is 0.333. The zero-order valence-corrected chi connectivity index (χ0v) is 15.5. The Labute approximate surface area is 161 Å². The molecule has 1 aliphatic heterocycles. The van der Waals surface area contributed by atoms with Crippen LogP contribution in [-0.4, -0.2) is 66.5 Å². The summed E-state index contributed by atoms with van der Waals surface area (Å²) in [6.45, 7) is 4.29. The number of piperazine rings is 1. The maximum absolute atomic E-state index is 12.4. The minimum Gasteiger partial charge on any atom is -0.352 e. The van der Waals surface area contributed by atoms with E-state index in [0.717, 1.165) is 11.6 Å². The molecule has 0 unspecified atom stereocenters. The van der Waals surface area contributed by atoms with Crippen molar-refractivity contribution in [2.24, 2.45) is 0 Å². The summed E-state index contributed by atoms with van der Waals surface area (Å²) in [7, 11) is 0. The number of anilines is 1. The number of carbonyl (C=O) groups excluding carboxylic acids is 1. The highest BCUT2D eigenvalue weighted by Crippen LogP contribution is 2.15. The molecule has 1 fully saturated rings.